The molecule has 194 valence electrons. The Morgan fingerprint density at radius 3 is 2.45 bits per heavy atom. The molecule has 0 saturated carbocycles. The second kappa shape index (κ2) is 10.9. The average molecular weight is 539 g/mol. The van der Waals surface area contributed by atoms with E-state index < -0.39 is 17.6 Å². The minimum Gasteiger partial charge on any atom is -0.383 e. The smallest absolute Gasteiger partial charge is 0.383 e. The fraction of sp³-hybridized carbons (Fsp3) is 0.179. The van der Waals surface area contributed by atoms with Gasteiger partial charge in [-0.3, -0.25) is 4.57 Å². The Labute approximate surface area is 220 Å². The molecule has 0 bridgehead atoms. The molecule has 2 heterocycles. The lowest BCUT2D eigenvalue weighted by Gasteiger charge is -2.13. The fourth-order valence-electron chi connectivity index (χ4n) is 4.14. The van der Waals surface area contributed by atoms with Crippen LogP contribution in [0.25, 0.3) is 33.5 Å². The van der Waals surface area contributed by atoms with Gasteiger partial charge in [0, 0.05) is 29.4 Å². The number of methoxy groups -OCH3 is 1. The summed E-state index contributed by atoms with van der Waals surface area (Å²) in [6.07, 6.45) is -4.63. The van der Waals surface area contributed by atoms with Gasteiger partial charge >= 0.3 is 6.18 Å². The maximum absolute atomic E-state index is 13.9. The van der Waals surface area contributed by atoms with Gasteiger partial charge in [0.15, 0.2) is 11.0 Å². The third-order valence-corrected chi connectivity index (χ3v) is 6.95. The first-order valence-corrected chi connectivity index (χ1v) is 12.7. The fourth-order valence-corrected chi connectivity index (χ4v) is 5.04. The van der Waals surface area contributed by atoms with Crippen LogP contribution in [0.15, 0.2) is 84.0 Å². The maximum Gasteiger partial charge on any atom is 0.416 e. The van der Waals surface area contributed by atoms with Crippen LogP contribution in [-0.2, 0) is 23.2 Å². The summed E-state index contributed by atoms with van der Waals surface area (Å²) in [5.41, 5.74) is 2.50. The average Bonchev–Trinajstić information content (AvgIpc) is 3.32. The molecule has 0 aliphatic heterocycles. The molecular formula is C28H22F4N4OS. The molecule has 3 aromatic carbocycles. The maximum atomic E-state index is 13.9. The van der Waals surface area contributed by atoms with E-state index in [9.17, 15) is 17.6 Å². The predicted molar refractivity (Wildman–Crippen MR) is 139 cm³/mol. The van der Waals surface area contributed by atoms with E-state index in [1.54, 1.807) is 7.11 Å². The number of fused-ring (bicyclic) bond motifs is 1. The van der Waals surface area contributed by atoms with Gasteiger partial charge in [0.05, 0.1) is 29.9 Å². The Bertz CT molecular complexity index is 1570. The molecule has 0 N–H and O–H groups in total. The molecule has 0 unspecified atom stereocenters. The van der Waals surface area contributed by atoms with Crippen LogP contribution in [0.2, 0.25) is 0 Å². The van der Waals surface area contributed by atoms with E-state index in [-0.39, 0.29) is 11.3 Å². The summed E-state index contributed by atoms with van der Waals surface area (Å²) >= 11 is 1.18. The van der Waals surface area contributed by atoms with Crippen molar-refractivity contribution in [1.29, 1.82) is 0 Å². The lowest BCUT2D eigenvalue weighted by Crippen LogP contribution is -2.08. The summed E-state index contributed by atoms with van der Waals surface area (Å²) in [7, 11) is 1.58. The molecule has 0 amide bonds. The third kappa shape index (κ3) is 5.56. The summed E-state index contributed by atoms with van der Waals surface area (Å²) < 4.78 is 60.6. The zero-order valence-electron chi connectivity index (χ0n) is 20.2. The second-order valence-corrected chi connectivity index (χ2v) is 9.47. The van der Waals surface area contributed by atoms with Gasteiger partial charge < -0.3 is 4.74 Å². The number of aromatic nitrogens is 4. The van der Waals surface area contributed by atoms with Crippen molar-refractivity contribution >= 4 is 22.7 Å². The Morgan fingerprint density at radius 2 is 1.68 bits per heavy atom. The van der Waals surface area contributed by atoms with Gasteiger partial charge in [-0.25, -0.2) is 9.37 Å². The van der Waals surface area contributed by atoms with Crippen molar-refractivity contribution in [3.63, 3.8) is 0 Å². The van der Waals surface area contributed by atoms with Crippen LogP contribution in [-0.4, -0.2) is 33.5 Å². The van der Waals surface area contributed by atoms with Crippen LogP contribution >= 0.6 is 11.8 Å². The van der Waals surface area contributed by atoms with Crippen molar-refractivity contribution in [2.75, 3.05) is 13.7 Å². The van der Waals surface area contributed by atoms with E-state index in [4.69, 9.17) is 9.72 Å². The highest BCUT2D eigenvalue weighted by atomic mass is 32.2. The van der Waals surface area contributed by atoms with E-state index >= 15 is 0 Å². The summed E-state index contributed by atoms with van der Waals surface area (Å²) in [5.74, 6) is -0.276. The molecule has 10 heteroatoms. The van der Waals surface area contributed by atoms with E-state index in [0.717, 1.165) is 39.9 Å². The zero-order valence-corrected chi connectivity index (χ0v) is 21.1. The molecule has 5 rings (SSSR count). The molecule has 0 saturated heterocycles. The lowest BCUT2D eigenvalue weighted by atomic mass is 10.0. The topological polar surface area (TPSA) is 52.8 Å². The first-order chi connectivity index (χ1) is 18.3. The highest BCUT2D eigenvalue weighted by molar-refractivity contribution is 7.98. The standard InChI is InChI=1S/C28H22F4N4OS/c1-37-12-11-36-26(34-35-27(36)38-17-18-13-20(28(30,31)32)15-21(29)14-18)23-16-25(19-7-3-2-4-8-19)33-24-10-6-5-9-22(23)24/h2-10,13-16H,11-12,17H2,1H3. The first-order valence-electron chi connectivity index (χ1n) is 11.7. The van der Waals surface area contributed by atoms with Crippen molar-refractivity contribution in [1.82, 2.24) is 19.7 Å². The van der Waals surface area contributed by atoms with Crippen LogP contribution in [0.1, 0.15) is 11.1 Å². The molecule has 0 aliphatic rings. The number of alkyl halides is 3. The van der Waals surface area contributed by atoms with Gasteiger partial charge in [0.1, 0.15) is 5.82 Å². The van der Waals surface area contributed by atoms with Gasteiger partial charge in [0.2, 0.25) is 0 Å². The Hall–Kier alpha value is -3.76. The molecule has 5 nitrogen and oxygen atoms in total. The normalized spacial score (nSPS) is 11.8. The van der Waals surface area contributed by atoms with Gasteiger partial charge in [0.25, 0.3) is 0 Å². The Morgan fingerprint density at radius 1 is 0.921 bits per heavy atom. The van der Waals surface area contributed by atoms with E-state index in [2.05, 4.69) is 10.2 Å². The number of hydrogen-bond donors (Lipinski definition) is 0. The highest BCUT2D eigenvalue weighted by Gasteiger charge is 2.31. The van der Waals surface area contributed by atoms with Gasteiger partial charge in [-0.05, 0) is 35.9 Å². The number of ether oxygens (including phenoxy) is 1. The second-order valence-electron chi connectivity index (χ2n) is 8.52. The monoisotopic (exact) mass is 538 g/mol. The van der Waals surface area contributed by atoms with E-state index in [1.807, 2.05) is 65.2 Å². The molecule has 38 heavy (non-hydrogen) atoms. The van der Waals surface area contributed by atoms with Crippen LogP contribution in [0.4, 0.5) is 17.6 Å². The highest BCUT2D eigenvalue weighted by Crippen LogP contribution is 2.35. The van der Waals surface area contributed by atoms with Crippen molar-refractivity contribution < 1.29 is 22.3 Å². The number of thioether (sulfide) groups is 1. The molecule has 0 aliphatic carbocycles. The Kier molecular flexibility index (Phi) is 7.44. The molecule has 0 spiro atoms. The van der Waals surface area contributed by atoms with Crippen LogP contribution in [0.5, 0.6) is 0 Å². The number of rotatable bonds is 8. The van der Waals surface area contributed by atoms with Crippen molar-refractivity contribution in [3.05, 3.63) is 95.8 Å². The van der Waals surface area contributed by atoms with Crippen LogP contribution < -0.4 is 0 Å². The number of halogens is 4. The minimum atomic E-state index is -4.63. The molecule has 0 atom stereocenters. The van der Waals surface area contributed by atoms with E-state index in [0.29, 0.717) is 30.2 Å². The van der Waals surface area contributed by atoms with Crippen molar-refractivity contribution in [2.24, 2.45) is 0 Å². The molecule has 2 aromatic heterocycles. The molecular weight excluding hydrogens is 516 g/mol. The molecule has 0 fully saturated rings. The van der Waals surface area contributed by atoms with E-state index in [1.165, 1.54) is 11.8 Å². The summed E-state index contributed by atoms with van der Waals surface area (Å²) in [6, 6.07) is 22.0. The first kappa shape index (κ1) is 25.9. The predicted octanol–water partition coefficient (Wildman–Crippen LogP) is 7.26. The number of benzene rings is 3. The lowest BCUT2D eigenvalue weighted by molar-refractivity contribution is -0.137. The SMILES string of the molecule is COCCn1c(SCc2cc(F)cc(C(F)(F)F)c2)nnc1-c1cc(-c2ccccc2)nc2ccccc12. The minimum absolute atomic E-state index is 0.0817. The zero-order chi connectivity index (χ0) is 26.7. The van der Waals surface area contributed by atoms with Gasteiger partial charge in [-0.15, -0.1) is 10.2 Å². The Balaban J connectivity index is 1.55. The quantitative estimate of drug-likeness (QED) is 0.154. The van der Waals surface area contributed by atoms with Crippen molar-refractivity contribution in [3.8, 4) is 22.6 Å². The third-order valence-electron chi connectivity index (χ3n) is 5.92. The van der Waals surface area contributed by atoms with Crippen LogP contribution in [0.3, 0.4) is 0 Å². The van der Waals surface area contributed by atoms with Gasteiger partial charge in [-0.1, -0.05) is 60.3 Å². The summed E-state index contributed by atoms with van der Waals surface area (Å²) in [6.45, 7) is 0.779. The number of pyridine rings is 1. The largest absolute Gasteiger partial charge is 0.416 e. The van der Waals surface area contributed by atoms with Crippen LogP contribution in [0, 0.1) is 5.82 Å². The summed E-state index contributed by atoms with van der Waals surface area (Å²) in [4.78, 5) is 4.83. The number of hydrogen-bond acceptors (Lipinski definition) is 5. The van der Waals surface area contributed by atoms with Crippen molar-refractivity contribution in [2.45, 2.75) is 23.6 Å². The van der Waals surface area contributed by atoms with Gasteiger partial charge in [-0.2, -0.15) is 13.2 Å². The number of nitrogens with zero attached hydrogens (tertiary/aromatic N) is 4. The number of para-hydroxylation sites is 1. The molecule has 5 aromatic rings. The molecule has 0 radical (unpaired) electrons. The summed E-state index contributed by atoms with van der Waals surface area (Å²) in [5, 5.41) is 10.2.